The summed E-state index contributed by atoms with van der Waals surface area (Å²) in [7, 11) is 1.50. The topological polar surface area (TPSA) is 141 Å². The highest BCUT2D eigenvalue weighted by molar-refractivity contribution is 5.91. The molecule has 4 rings (SSSR count). The van der Waals surface area contributed by atoms with E-state index < -0.39 is 18.0 Å². The maximum absolute atomic E-state index is 13.1. The standard InChI is InChI=1S/C17H29N3O3.C13H12N2O/c1-9(23-7)19-13(16(2,3)4)15(22)20-8-10-11(17(10,5)6)12(20)14(18)21;1-9-4-5-12-11(7-9)8-10(3-2-6-14)13(16)15-12/h10-13,19H,1,8H2,2-7H3,(H2,18,21);4-5,7-8H,2-3H2,1H3,(H,15,16)/t10?,11-,12?,13-;/m0./s1. The molecule has 210 valence electrons. The van der Waals surface area contributed by atoms with Crippen molar-refractivity contribution in [1.29, 1.82) is 5.26 Å². The Morgan fingerprint density at radius 3 is 2.56 bits per heavy atom. The first-order valence-electron chi connectivity index (χ1n) is 13.2. The van der Waals surface area contributed by atoms with E-state index in [0.717, 1.165) is 16.5 Å². The molecule has 2 aliphatic rings. The van der Waals surface area contributed by atoms with Gasteiger partial charge in [-0.2, -0.15) is 5.26 Å². The number of amides is 2. The first-order valence-corrected chi connectivity index (χ1v) is 13.2. The molecule has 4 atom stereocenters. The van der Waals surface area contributed by atoms with E-state index in [9.17, 15) is 14.4 Å². The molecule has 0 spiro atoms. The fourth-order valence-electron chi connectivity index (χ4n) is 5.62. The van der Waals surface area contributed by atoms with Gasteiger partial charge in [-0.05, 0) is 66.2 Å². The zero-order chi connectivity index (χ0) is 29.3. The Kier molecular flexibility index (Phi) is 8.49. The molecule has 1 aromatic carbocycles. The Balaban J connectivity index is 0.000000230. The van der Waals surface area contributed by atoms with Crippen LogP contribution < -0.4 is 16.6 Å². The maximum Gasteiger partial charge on any atom is 0.251 e. The van der Waals surface area contributed by atoms with Crippen molar-refractivity contribution in [2.24, 2.45) is 28.4 Å². The molecule has 2 unspecified atom stereocenters. The Morgan fingerprint density at radius 2 is 2.00 bits per heavy atom. The fraction of sp³-hybridized carbons (Fsp3) is 0.533. The molecule has 1 aromatic heterocycles. The fourth-order valence-corrected chi connectivity index (χ4v) is 5.62. The molecule has 39 heavy (non-hydrogen) atoms. The predicted octanol–water partition coefficient (Wildman–Crippen LogP) is 3.37. The Bertz CT molecular complexity index is 1360. The number of hydrogen-bond donors (Lipinski definition) is 3. The second-order valence-electron chi connectivity index (χ2n) is 12.2. The lowest BCUT2D eigenvalue weighted by atomic mass is 9.85. The molecule has 2 heterocycles. The number of nitrogens with two attached hydrogens (primary N) is 1. The van der Waals surface area contributed by atoms with Crippen LogP contribution >= 0.6 is 0 Å². The number of aromatic nitrogens is 1. The summed E-state index contributed by atoms with van der Waals surface area (Å²) in [4.78, 5) is 41.2. The van der Waals surface area contributed by atoms with E-state index in [1.807, 2.05) is 52.0 Å². The second kappa shape index (κ2) is 11.1. The van der Waals surface area contributed by atoms with Crippen LogP contribution in [-0.4, -0.2) is 47.4 Å². The van der Waals surface area contributed by atoms with Gasteiger partial charge in [0.05, 0.1) is 13.2 Å². The molecule has 1 saturated heterocycles. The molecular formula is C30H41N5O4. The van der Waals surface area contributed by atoms with Gasteiger partial charge in [0.1, 0.15) is 12.1 Å². The number of aryl methyl sites for hydroxylation is 2. The van der Waals surface area contributed by atoms with Gasteiger partial charge in [0.25, 0.3) is 5.56 Å². The summed E-state index contributed by atoms with van der Waals surface area (Å²) in [5.41, 5.74) is 7.92. The van der Waals surface area contributed by atoms with E-state index >= 15 is 0 Å². The minimum atomic E-state index is -0.530. The zero-order valence-corrected chi connectivity index (χ0v) is 24.1. The van der Waals surface area contributed by atoms with Gasteiger partial charge >= 0.3 is 0 Å². The van der Waals surface area contributed by atoms with Gasteiger partial charge in [-0.25, -0.2) is 0 Å². The van der Waals surface area contributed by atoms with Gasteiger partial charge in [0.15, 0.2) is 5.88 Å². The minimum absolute atomic E-state index is 0.0806. The van der Waals surface area contributed by atoms with Gasteiger partial charge in [-0.15, -0.1) is 0 Å². The van der Waals surface area contributed by atoms with Crippen LogP contribution in [0.1, 0.15) is 52.2 Å². The SMILES string of the molecule is C=C(N[C@@H](C(=O)N1CC2[C@@H](C1C(N)=O)C2(C)C)C(C)(C)C)OC.Cc1ccc2[nH]c(=O)c(CCC#N)cc2c1. The lowest BCUT2D eigenvalue weighted by Gasteiger charge is -2.37. The summed E-state index contributed by atoms with van der Waals surface area (Å²) in [6.45, 7) is 16.5. The molecule has 2 fully saturated rings. The molecule has 0 bridgehead atoms. The zero-order valence-electron chi connectivity index (χ0n) is 24.1. The highest BCUT2D eigenvalue weighted by Gasteiger charge is 2.69. The van der Waals surface area contributed by atoms with Crippen LogP contribution in [0, 0.1) is 40.9 Å². The number of H-pyrrole nitrogens is 1. The van der Waals surface area contributed by atoms with Crippen molar-refractivity contribution in [1.82, 2.24) is 15.2 Å². The third-order valence-corrected chi connectivity index (χ3v) is 8.03. The predicted molar refractivity (Wildman–Crippen MR) is 151 cm³/mol. The lowest BCUT2D eigenvalue weighted by Crippen LogP contribution is -2.57. The van der Waals surface area contributed by atoms with Crippen LogP contribution in [0.3, 0.4) is 0 Å². The van der Waals surface area contributed by atoms with Gasteiger partial charge in [-0.1, -0.05) is 46.2 Å². The second-order valence-corrected chi connectivity index (χ2v) is 12.2. The Hall–Kier alpha value is -3.80. The van der Waals surface area contributed by atoms with Crippen LogP contribution in [0.4, 0.5) is 0 Å². The van der Waals surface area contributed by atoms with Gasteiger partial charge < -0.3 is 25.7 Å². The van der Waals surface area contributed by atoms with Crippen LogP contribution in [0.5, 0.6) is 0 Å². The number of nitrogens with one attached hydrogen (secondary N) is 2. The van der Waals surface area contributed by atoms with Crippen molar-refractivity contribution >= 4 is 22.7 Å². The number of carbonyl (C=O) groups is 2. The molecular weight excluding hydrogens is 494 g/mol. The lowest BCUT2D eigenvalue weighted by molar-refractivity contribution is -0.143. The summed E-state index contributed by atoms with van der Waals surface area (Å²) < 4.78 is 5.06. The van der Waals surface area contributed by atoms with Crippen molar-refractivity contribution in [3.05, 3.63) is 58.2 Å². The summed E-state index contributed by atoms with van der Waals surface area (Å²) in [5, 5.41) is 12.6. The normalized spacial score (nSPS) is 21.6. The van der Waals surface area contributed by atoms with E-state index in [1.165, 1.54) is 7.11 Å². The average molecular weight is 536 g/mol. The van der Waals surface area contributed by atoms with E-state index in [2.05, 4.69) is 36.8 Å². The number of nitriles is 1. The molecule has 1 aliphatic carbocycles. The molecule has 2 amide bonds. The molecule has 9 heteroatoms. The van der Waals surface area contributed by atoms with Gasteiger partial charge in [0.2, 0.25) is 11.8 Å². The number of methoxy groups -OCH3 is 1. The number of piperidine rings is 1. The number of carbonyl (C=O) groups excluding carboxylic acids is 2. The minimum Gasteiger partial charge on any atom is -0.483 e. The monoisotopic (exact) mass is 535 g/mol. The maximum atomic E-state index is 13.1. The molecule has 0 radical (unpaired) electrons. The number of benzene rings is 1. The van der Waals surface area contributed by atoms with E-state index in [0.29, 0.717) is 36.8 Å². The summed E-state index contributed by atoms with van der Waals surface area (Å²) in [6, 6.07) is 8.77. The molecule has 4 N–H and O–H groups in total. The summed E-state index contributed by atoms with van der Waals surface area (Å²) in [6.07, 6.45) is 0.885. The summed E-state index contributed by atoms with van der Waals surface area (Å²) in [5.74, 6) is 0.293. The third kappa shape index (κ3) is 6.27. The quantitative estimate of drug-likeness (QED) is 0.464. The number of likely N-dealkylation sites (tertiary alicyclic amines) is 1. The number of ether oxygens (including phenoxy) is 1. The number of nitrogens with zero attached hydrogens (tertiary/aromatic N) is 2. The van der Waals surface area contributed by atoms with E-state index in [1.54, 1.807) is 4.90 Å². The first-order chi connectivity index (χ1) is 18.1. The van der Waals surface area contributed by atoms with Crippen molar-refractivity contribution in [2.75, 3.05) is 13.7 Å². The number of pyridine rings is 1. The largest absolute Gasteiger partial charge is 0.483 e. The highest BCUT2D eigenvalue weighted by atomic mass is 16.5. The number of hydrogen-bond acceptors (Lipinski definition) is 6. The summed E-state index contributed by atoms with van der Waals surface area (Å²) >= 11 is 0. The van der Waals surface area contributed by atoms with Crippen molar-refractivity contribution in [3.63, 3.8) is 0 Å². The number of aromatic amines is 1. The van der Waals surface area contributed by atoms with Crippen LogP contribution in [0.15, 0.2) is 41.5 Å². The van der Waals surface area contributed by atoms with Crippen LogP contribution in [0.25, 0.3) is 10.9 Å². The third-order valence-electron chi connectivity index (χ3n) is 8.03. The van der Waals surface area contributed by atoms with Gasteiger partial charge in [0, 0.05) is 24.0 Å². The van der Waals surface area contributed by atoms with Crippen molar-refractivity contribution in [3.8, 4) is 6.07 Å². The van der Waals surface area contributed by atoms with Crippen molar-refractivity contribution < 1.29 is 14.3 Å². The van der Waals surface area contributed by atoms with E-state index in [4.69, 9.17) is 15.7 Å². The van der Waals surface area contributed by atoms with Gasteiger partial charge in [-0.3, -0.25) is 14.4 Å². The highest BCUT2D eigenvalue weighted by Crippen LogP contribution is 2.64. The molecule has 2 aromatic rings. The smallest absolute Gasteiger partial charge is 0.251 e. The first kappa shape index (κ1) is 29.8. The molecule has 1 aliphatic heterocycles. The van der Waals surface area contributed by atoms with E-state index in [-0.39, 0.29) is 28.2 Å². The Morgan fingerprint density at radius 1 is 1.33 bits per heavy atom. The van der Waals surface area contributed by atoms with Crippen molar-refractivity contribution in [2.45, 2.75) is 66.5 Å². The Labute approximate surface area is 230 Å². The number of fused-ring (bicyclic) bond motifs is 2. The average Bonchev–Trinajstić information content (AvgIpc) is 3.17. The van der Waals surface area contributed by atoms with Crippen LogP contribution in [0.2, 0.25) is 0 Å². The number of primary amides is 1. The van der Waals surface area contributed by atoms with Crippen LogP contribution in [-0.2, 0) is 20.7 Å². The number of rotatable bonds is 7. The molecule has 9 nitrogen and oxygen atoms in total. The molecule has 1 saturated carbocycles.